The standard InChI is InChI=1S/C9H8BrN5O/c1-5-2-6(10)3-11-7(5)14-9(16)8-12-4-13-15-8/h2-4H,1H3,(H,11,14,16)(H,12,13,15). The lowest BCUT2D eigenvalue weighted by atomic mass is 10.3. The van der Waals surface area contributed by atoms with Gasteiger partial charge in [-0.3, -0.25) is 9.89 Å². The van der Waals surface area contributed by atoms with Crippen LogP contribution < -0.4 is 5.32 Å². The minimum atomic E-state index is -0.365. The van der Waals surface area contributed by atoms with E-state index in [0.29, 0.717) is 5.82 Å². The summed E-state index contributed by atoms with van der Waals surface area (Å²) in [7, 11) is 0. The monoisotopic (exact) mass is 281 g/mol. The molecule has 0 fully saturated rings. The Balaban J connectivity index is 2.18. The molecule has 0 saturated heterocycles. The molecule has 0 saturated carbocycles. The van der Waals surface area contributed by atoms with Crippen LogP contribution in [-0.2, 0) is 0 Å². The fraction of sp³-hybridized carbons (Fsp3) is 0.111. The smallest absolute Gasteiger partial charge is 0.294 e. The van der Waals surface area contributed by atoms with Crippen LogP contribution in [0.1, 0.15) is 16.2 Å². The number of amides is 1. The first-order chi connectivity index (χ1) is 7.66. The van der Waals surface area contributed by atoms with Gasteiger partial charge in [0.25, 0.3) is 5.91 Å². The molecule has 2 N–H and O–H groups in total. The zero-order valence-corrected chi connectivity index (χ0v) is 9.95. The molecule has 0 radical (unpaired) electrons. The van der Waals surface area contributed by atoms with Gasteiger partial charge in [-0.15, -0.1) is 0 Å². The molecule has 0 spiro atoms. The lowest BCUT2D eigenvalue weighted by Crippen LogP contribution is -2.15. The topological polar surface area (TPSA) is 83.6 Å². The van der Waals surface area contributed by atoms with E-state index in [1.807, 2.05) is 13.0 Å². The highest BCUT2D eigenvalue weighted by atomic mass is 79.9. The lowest BCUT2D eigenvalue weighted by molar-refractivity contribution is 0.101. The molecule has 0 aliphatic carbocycles. The second-order valence-corrected chi connectivity index (χ2v) is 4.02. The number of nitrogens with zero attached hydrogens (tertiary/aromatic N) is 3. The quantitative estimate of drug-likeness (QED) is 0.874. The number of hydrogen-bond acceptors (Lipinski definition) is 4. The molecule has 0 aliphatic heterocycles. The molecule has 0 aromatic carbocycles. The third-order valence-corrected chi connectivity index (χ3v) is 2.34. The number of hydrogen-bond donors (Lipinski definition) is 2. The summed E-state index contributed by atoms with van der Waals surface area (Å²) in [5.41, 5.74) is 0.863. The molecule has 0 atom stereocenters. The highest BCUT2D eigenvalue weighted by molar-refractivity contribution is 9.10. The van der Waals surface area contributed by atoms with Crippen molar-refractivity contribution in [2.24, 2.45) is 0 Å². The number of carbonyl (C=O) groups excluding carboxylic acids is 1. The van der Waals surface area contributed by atoms with Crippen LogP contribution in [0.25, 0.3) is 0 Å². The molecular weight excluding hydrogens is 274 g/mol. The molecule has 0 unspecified atom stereocenters. The van der Waals surface area contributed by atoms with E-state index in [9.17, 15) is 4.79 Å². The molecule has 0 aliphatic rings. The summed E-state index contributed by atoms with van der Waals surface area (Å²) < 4.78 is 0.864. The van der Waals surface area contributed by atoms with Crippen molar-refractivity contribution in [2.75, 3.05) is 5.32 Å². The Kier molecular flexibility index (Phi) is 2.95. The number of aromatic nitrogens is 4. The molecule has 0 bridgehead atoms. The second kappa shape index (κ2) is 4.40. The average molecular weight is 282 g/mol. The SMILES string of the molecule is Cc1cc(Br)cnc1NC(=O)c1ncn[nH]1. The lowest BCUT2D eigenvalue weighted by Gasteiger charge is -2.05. The minimum Gasteiger partial charge on any atom is -0.304 e. The average Bonchev–Trinajstić information content (AvgIpc) is 2.75. The molecule has 2 heterocycles. The normalized spacial score (nSPS) is 10.1. The number of carbonyl (C=O) groups is 1. The Morgan fingerprint density at radius 1 is 1.50 bits per heavy atom. The van der Waals surface area contributed by atoms with Crippen molar-refractivity contribution >= 4 is 27.7 Å². The number of aryl methyl sites for hydroxylation is 1. The van der Waals surface area contributed by atoms with E-state index in [2.05, 4.69) is 41.4 Å². The van der Waals surface area contributed by atoms with E-state index < -0.39 is 0 Å². The fourth-order valence-corrected chi connectivity index (χ4v) is 1.60. The summed E-state index contributed by atoms with van der Waals surface area (Å²) in [5.74, 6) is 0.296. The van der Waals surface area contributed by atoms with Gasteiger partial charge in [0.15, 0.2) is 0 Å². The van der Waals surface area contributed by atoms with E-state index in [1.54, 1.807) is 6.20 Å². The molecular formula is C9H8BrN5O. The van der Waals surface area contributed by atoms with Crippen molar-refractivity contribution in [1.82, 2.24) is 20.2 Å². The largest absolute Gasteiger partial charge is 0.304 e. The molecule has 6 nitrogen and oxygen atoms in total. The summed E-state index contributed by atoms with van der Waals surface area (Å²) in [6.45, 7) is 1.85. The van der Waals surface area contributed by atoms with Crippen LogP contribution in [-0.4, -0.2) is 26.1 Å². The Morgan fingerprint density at radius 2 is 2.31 bits per heavy atom. The molecule has 2 rings (SSSR count). The molecule has 82 valence electrons. The first kappa shape index (κ1) is 10.7. The Bertz CT molecular complexity index is 511. The van der Waals surface area contributed by atoms with Crippen LogP contribution in [0.3, 0.4) is 0 Å². The van der Waals surface area contributed by atoms with Gasteiger partial charge in [0.2, 0.25) is 5.82 Å². The zero-order chi connectivity index (χ0) is 11.5. The highest BCUT2D eigenvalue weighted by Gasteiger charge is 2.10. The summed E-state index contributed by atoms with van der Waals surface area (Å²) in [6.07, 6.45) is 2.89. The third kappa shape index (κ3) is 2.25. The molecule has 1 amide bonds. The maximum atomic E-state index is 11.6. The van der Waals surface area contributed by atoms with Crippen LogP contribution in [0.15, 0.2) is 23.1 Å². The summed E-state index contributed by atoms with van der Waals surface area (Å²) in [5, 5.41) is 8.71. The second-order valence-electron chi connectivity index (χ2n) is 3.11. The van der Waals surface area contributed by atoms with E-state index in [-0.39, 0.29) is 11.7 Å². The van der Waals surface area contributed by atoms with Crippen molar-refractivity contribution in [3.63, 3.8) is 0 Å². The predicted octanol–water partition coefficient (Wildman–Crippen LogP) is 1.52. The molecule has 2 aromatic rings. The van der Waals surface area contributed by atoms with Crippen molar-refractivity contribution in [3.8, 4) is 0 Å². The van der Waals surface area contributed by atoms with Crippen molar-refractivity contribution in [1.29, 1.82) is 0 Å². The van der Waals surface area contributed by atoms with Crippen LogP contribution in [0.5, 0.6) is 0 Å². The maximum absolute atomic E-state index is 11.6. The van der Waals surface area contributed by atoms with E-state index in [4.69, 9.17) is 0 Å². The van der Waals surface area contributed by atoms with Gasteiger partial charge >= 0.3 is 0 Å². The van der Waals surface area contributed by atoms with Crippen LogP contribution >= 0.6 is 15.9 Å². The van der Waals surface area contributed by atoms with Gasteiger partial charge in [-0.25, -0.2) is 9.97 Å². The zero-order valence-electron chi connectivity index (χ0n) is 8.36. The minimum absolute atomic E-state index is 0.157. The van der Waals surface area contributed by atoms with Crippen LogP contribution in [0.2, 0.25) is 0 Å². The number of nitrogens with one attached hydrogen (secondary N) is 2. The predicted molar refractivity (Wildman–Crippen MR) is 61.0 cm³/mol. The molecule has 16 heavy (non-hydrogen) atoms. The van der Waals surface area contributed by atoms with Crippen molar-refractivity contribution < 1.29 is 4.79 Å². The number of H-pyrrole nitrogens is 1. The van der Waals surface area contributed by atoms with E-state index >= 15 is 0 Å². The van der Waals surface area contributed by atoms with Gasteiger partial charge in [-0.1, -0.05) is 0 Å². The summed E-state index contributed by atoms with van der Waals surface area (Å²) in [4.78, 5) is 19.4. The van der Waals surface area contributed by atoms with Gasteiger partial charge in [0, 0.05) is 10.7 Å². The summed E-state index contributed by atoms with van der Waals surface area (Å²) in [6, 6.07) is 1.86. The van der Waals surface area contributed by atoms with Crippen molar-refractivity contribution in [2.45, 2.75) is 6.92 Å². The fourth-order valence-electron chi connectivity index (χ4n) is 1.15. The molecule has 7 heteroatoms. The highest BCUT2D eigenvalue weighted by Crippen LogP contribution is 2.16. The van der Waals surface area contributed by atoms with Gasteiger partial charge < -0.3 is 5.32 Å². The maximum Gasteiger partial charge on any atom is 0.294 e. The number of anilines is 1. The number of rotatable bonds is 2. The Hall–Kier alpha value is -1.76. The Labute approximate surface area is 99.6 Å². The third-order valence-electron chi connectivity index (χ3n) is 1.91. The van der Waals surface area contributed by atoms with E-state index in [1.165, 1.54) is 6.33 Å². The first-order valence-electron chi connectivity index (χ1n) is 4.45. The van der Waals surface area contributed by atoms with Gasteiger partial charge in [-0.2, -0.15) is 5.10 Å². The number of aromatic amines is 1. The van der Waals surface area contributed by atoms with E-state index in [0.717, 1.165) is 10.0 Å². The van der Waals surface area contributed by atoms with Gasteiger partial charge in [0.05, 0.1) is 0 Å². The van der Waals surface area contributed by atoms with Gasteiger partial charge in [-0.05, 0) is 34.5 Å². The first-order valence-corrected chi connectivity index (χ1v) is 5.25. The number of pyridine rings is 1. The van der Waals surface area contributed by atoms with Crippen LogP contribution in [0.4, 0.5) is 5.82 Å². The molecule has 2 aromatic heterocycles. The number of halogens is 1. The summed E-state index contributed by atoms with van der Waals surface area (Å²) >= 11 is 3.30. The van der Waals surface area contributed by atoms with Gasteiger partial charge in [0.1, 0.15) is 12.1 Å². The van der Waals surface area contributed by atoms with Crippen molar-refractivity contribution in [3.05, 3.63) is 34.5 Å². The van der Waals surface area contributed by atoms with Crippen LogP contribution in [0, 0.1) is 6.92 Å². The Morgan fingerprint density at radius 3 is 2.94 bits per heavy atom.